The van der Waals surface area contributed by atoms with Gasteiger partial charge >= 0.3 is 0 Å². The highest BCUT2D eigenvalue weighted by molar-refractivity contribution is 6.45. The number of fused-ring (bicyclic) bond motifs is 4. The molecular formula is C38H20O6. The van der Waals surface area contributed by atoms with Crippen LogP contribution >= 0.6 is 0 Å². The van der Waals surface area contributed by atoms with E-state index in [1.807, 2.05) is 0 Å². The molecule has 7 rings (SSSR count). The minimum absolute atomic E-state index is 0.0369. The molecule has 0 aliphatic heterocycles. The summed E-state index contributed by atoms with van der Waals surface area (Å²) in [7, 11) is 0. The first-order valence-corrected chi connectivity index (χ1v) is 13.5. The van der Waals surface area contributed by atoms with Gasteiger partial charge in [-0.2, -0.15) is 0 Å². The number of hydrogen-bond acceptors (Lipinski definition) is 6. The lowest BCUT2D eigenvalue weighted by Crippen LogP contribution is -2.33. The summed E-state index contributed by atoms with van der Waals surface area (Å²) in [6, 6.07) is 0. The van der Waals surface area contributed by atoms with Crippen LogP contribution in [0.4, 0.5) is 0 Å². The lowest BCUT2D eigenvalue weighted by atomic mass is 9.68. The van der Waals surface area contributed by atoms with Crippen LogP contribution in [0.2, 0.25) is 0 Å². The zero-order valence-corrected chi connectivity index (χ0v) is 23.3. The van der Waals surface area contributed by atoms with Crippen molar-refractivity contribution in [1.29, 1.82) is 0 Å². The number of hydrogen-bond donors (Lipinski definition) is 0. The van der Waals surface area contributed by atoms with E-state index in [1.165, 1.54) is 48.6 Å². The van der Waals surface area contributed by atoms with Gasteiger partial charge in [-0.1, -0.05) is 63.8 Å². The van der Waals surface area contributed by atoms with Gasteiger partial charge in [0, 0.05) is 44.6 Å². The zero-order valence-electron chi connectivity index (χ0n) is 23.3. The first-order valence-electron chi connectivity index (χ1n) is 13.5. The summed E-state index contributed by atoms with van der Waals surface area (Å²) in [4.78, 5) is 82.8. The largest absolute Gasteiger partial charge is 0.288 e. The molecule has 7 aliphatic rings. The predicted octanol–water partition coefficient (Wildman–Crippen LogP) is 4.84. The summed E-state index contributed by atoms with van der Waals surface area (Å²) in [6.45, 7) is 24.3. The molecule has 7 aliphatic carbocycles. The van der Waals surface area contributed by atoms with Crippen molar-refractivity contribution in [3.8, 4) is 0 Å². The third kappa shape index (κ3) is 3.25. The molecule has 6 heteroatoms. The van der Waals surface area contributed by atoms with E-state index in [4.69, 9.17) is 0 Å². The quantitative estimate of drug-likeness (QED) is 0.385. The number of rotatable bonds is 0. The fraction of sp³-hybridized carbons (Fsp3) is 0. The molecule has 208 valence electrons. The Bertz CT molecular complexity index is 1920. The van der Waals surface area contributed by atoms with E-state index in [2.05, 4.69) is 39.5 Å². The Balaban J connectivity index is 1.47. The molecule has 0 radical (unpaired) electrons. The third-order valence-corrected chi connectivity index (χ3v) is 8.56. The summed E-state index contributed by atoms with van der Waals surface area (Å²) in [5.74, 6) is -4.26. The number of ketones is 6. The highest BCUT2D eigenvalue weighted by Gasteiger charge is 2.45. The molecule has 0 aromatic carbocycles. The summed E-state index contributed by atoms with van der Waals surface area (Å²) in [5, 5.41) is 0. The lowest BCUT2D eigenvalue weighted by Gasteiger charge is -2.32. The van der Waals surface area contributed by atoms with Crippen molar-refractivity contribution < 1.29 is 28.8 Å². The Hall–Kier alpha value is -6.14. The Kier molecular flexibility index (Phi) is 5.28. The molecule has 0 aromatic rings. The second-order valence-corrected chi connectivity index (χ2v) is 11.1. The van der Waals surface area contributed by atoms with Gasteiger partial charge in [0.15, 0.2) is 23.1 Å². The van der Waals surface area contributed by atoms with Gasteiger partial charge in [0.1, 0.15) is 0 Å². The van der Waals surface area contributed by atoms with Crippen LogP contribution in [0.3, 0.4) is 0 Å². The van der Waals surface area contributed by atoms with E-state index < -0.39 is 34.7 Å². The molecule has 0 spiro atoms. The van der Waals surface area contributed by atoms with E-state index in [0.29, 0.717) is 22.3 Å². The van der Waals surface area contributed by atoms with Gasteiger partial charge in [-0.3, -0.25) is 28.8 Å². The predicted molar refractivity (Wildman–Crippen MR) is 164 cm³/mol. The van der Waals surface area contributed by atoms with Gasteiger partial charge < -0.3 is 0 Å². The molecule has 44 heavy (non-hydrogen) atoms. The van der Waals surface area contributed by atoms with Crippen molar-refractivity contribution >= 4 is 34.7 Å². The molecule has 0 amide bonds. The van der Waals surface area contributed by atoms with Gasteiger partial charge in [-0.15, -0.1) is 0 Å². The van der Waals surface area contributed by atoms with Gasteiger partial charge in [-0.25, -0.2) is 0 Å². The maximum atomic E-state index is 13.9. The fourth-order valence-electron chi connectivity index (χ4n) is 6.58. The molecule has 8 bridgehead atoms. The van der Waals surface area contributed by atoms with Gasteiger partial charge in [0.05, 0.1) is 22.3 Å². The Morgan fingerprint density at radius 1 is 0.295 bits per heavy atom. The summed E-state index contributed by atoms with van der Waals surface area (Å²) in [6.07, 6.45) is 11.3. The van der Waals surface area contributed by atoms with Crippen LogP contribution in [0.25, 0.3) is 0 Å². The van der Waals surface area contributed by atoms with Crippen LogP contribution in [0, 0.1) is 0 Å². The average Bonchev–Trinajstić information content (AvgIpc) is 2.96. The minimum Gasteiger partial charge on any atom is -0.288 e. The Morgan fingerprint density at radius 2 is 0.500 bits per heavy atom. The fourth-order valence-corrected chi connectivity index (χ4v) is 6.58. The summed E-state index contributed by atoms with van der Waals surface area (Å²) < 4.78 is 0. The number of carbonyl (C=O) groups is 6. The van der Waals surface area contributed by atoms with E-state index >= 15 is 0 Å². The molecule has 0 unspecified atom stereocenters. The van der Waals surface area contributed by atoms with E-state index in [-0.39, 0.29) is 78.0 Å². The van der Waals surface area contributed by atoms with Crippen LogP contribution in [0.5, 0.6) is 0 Å². The van der Waals surface area contributed by atoms with E-state index in [9.17, 15) is 28.8 Å². The SMILES string of the molecule is C=C1C=C2C=CC3=CC(=C)C4=C(C3=O)C(=O)C3=C(C(=C)C=C(C=CC5=CC(=C)C6=C(C5=O)C(=O)C(=C1C6=C)C2=O)C3=O)C4=C. The topological polar surface area (TPSA) is 102 Å². The van der Waals surface area contributed by atoms with E-state index in [1.54, 1.807) is 0 Å². The highest BCUT2D eigenvalue weighted by Crippen LogP contribution is 2.47. The van der Waals surface area contributed by atoms with Crippen molar-refractivity contribution in [3.05, 3.63) is 188 Å². The van der Waals surface area contributed by atoms with Crippen LogP contribution in [-0.4, -0.2) is 34.7 Å². The van der Waals surface area contributed by atoms with Crippen LogP contribution < -0.4 is 0 Å². The van der Waals surface area contributed by atoms with E-state index in [0.717, 1.165) is 0 Å². The number of carbonyl (C=O) groups excluding carboxylic acids is 6. The maximum Gasteiger partial charge on any atom is 0.202 e. The molecular weight excluding hydrogens is 552 g/mol. The number of Topliss-reactive ketones (excluding diaryl/α,β-unsaturated/α-hetero) is 6. The molecule has 0 saturated carbocycles. The van der Waals surface area contributed by atoms with Crippen molar-refractivity contribution in [2.45, 2.75) is 0 Å². The first kappa shape index (κ1) is 26.7. The molecule has 0 saturated heterocycles. The zero-order chi connectivity index (χ0) is 31.5. The second kappa shape index (κ2) is 8.69. The van der Waals surface area contributed by atoms with Crippen LogP contribution in [-0.2, 0) is 28.8 Å². The third-order valence-electron chi connectivity index (χ3n) is 8.56. The molecule has 0 atom stereocenters. The van der Waals surface area contributed by atoms with Crippen molar-refractivity contribution in [2.75, 3.05) is 0 Å². The Labute approximate surface area is 251 Å². The van der Waals surface area contributed by atoms with Crippen molar-refractivity contribution in [2.24, 2.45) is 0 Å². The monoisotopic (exact) mass is 572 g/mol. The smallest absolute Gasteiger partial charge is 0.202 e. The van der Waals surface area contributed by atoms with Crippen LogP contribution in [0.1, 0.15) is 0 Å². The lowest BCUT2D eigenvalue weighted by molar-refractivity contribution is -0.122. The average molecular weight is 573 g/mol. The van der Waals surface area contributed by atoms with Gasteiger partial charge in [-0.05, 0) is 57.7 Å². The highest BCUT2D eigenvalue weighted by atomic mass is 16.2. The minimum atomic E-state index is -0.787. The van der Waals surface area contributed by atoms with Crippen molar-refractivity contribution in [3.63, 3.8) is 0 Å². The molecule has 0 heterocycles. The Morgan fingerprint density at radius 3 is 0.705 bits per heavy atom. The summed E-state index contributed by atoms with van der Waals surface area (Å²) >= 11 is 0. The maximum absolute atomic E-state index is 13.9. The molecule has 0 fully saturated rings. The molecule has 0 aromatic heterocycles. The van der Waals surface area contributed by atoms with Crippen molar-refractivity contribution in [1.82, 2.24) is 0 Å². The van der Waals surface area contributed by atoms with Gasteiger partial charge in [0.2, 0.25) is 11.6 Å². The standard InChI is InChI=1S/C38H20O6/c1-15-11-21-7-8-22-13-17(3)27-20(6)28-18(4)14-24(36(42)32(28)38(44)31(27)35(22)41)10-9-23-12-16(2)26-19(5)25(15)29(33(21)39)37(43)30(26)34(23)40/h7-14H,1-6H2. The van der Waals surface area contributed by atoms with Crippen LogP contribution in [0.15, 0.2) is 188 Å². The normalized spacial score (nSPS) is 23.1. The van der Waals surface area contributed by atoms with Gasteiger partial charge in [0.25, 0.3) is 0 Å². The number of allylic oxidation sites excluding steroid dienone is 26. The first-order chi connectivity index (χ1) is 20.8. The second-order valence-electron chi connectivity index (χ2n) is 11.1. The summed E-state index contributed by atoms with van der Waals surface area (Å²) in [5.41, 5.74) is 1.85. The molecule has 6 nitrogen and oxygen atoms in total. The molecule has 0 N–H and O–H groups in total.